The minimum atomic E-state index is -1.19. The highest BCUT2D eigenvalue weighted by molar-refractivity contribution is 5.89. The maximum Gasteiger partial charge on any atom is 0.416 e. The van der Waals surface area contributed by atoms with E-state index >= 15 is 0 Å². The van der Waals surface area contributed by atoms with Crippen molar-refractivity contribution in [3.05, 3.63) is 42.2 Å². The number of aromatic nitrogens is 2. The Morgan fingerprint density at radius 2 is 1.80 bits per heavy atom. The molecular formula is C29H42N6O6. The van der Waals surface area contributed by atoms with Gasteiger partial charge < -0.3 is 25.2 Å². The van der Waals surface area contributed by atoms with Crippen molar-refractivity contribution in [1.29, 1.82) is 0 Å². The molecule has 12 heteroatoms. The number of pyridine rings is 2. The third kappa shape index (κ3) is 9.31. The van der Waals surface area contributed by atoms with E-state index in [9.17, 15) is 19.5 Å². The first-order valence-electron chi connectivity index (χ1n) is 13.7. The van der Waals surface area contributed by atoms with E-state index in [4.69, 9.17) is 9.47 Å². The second kappa shape index (κ2) is 13.2. The monoisotopic (exact) mass is 570 g/mol. The molecule has 0 aromatic carbocycles. The van der Waals surface area contributed by atoms with Gasteiger partial charge in [0.25, 0.3) is 0 Å². The summed E-state index contributed by atoms with van der Waals surface area (Å²) in [7, 11) is 1.91. The van der Waals surface area contributed by atoms with Crippen molar-refractivity contribution in [2.75, 3.05) is 30.4 Å². The number of nitrogens with one attached hydrogen (secondary N) is 2. The van der Waals surface area contributed by atoms with Crippen molar-refractivity contribution in [3.63, 3.8) is 0 Å². The highest BCUT2D eigenvalue weighted by atomic mass is 16.6. The summed E-state index contributed by atoms with van der Waals surface area (Å²) in [6, 6.07) is 7.03. The largest absolute Gasteiger partial charge is 0.480 e. The highest BCUT2D eigenvalue weighted by Crippen LogP contribution is 2.30. The van der Waals surface area contributed by atoms with E-state index in [1.54, 1.807) is 65.9 Å². The summed E-state index contributed by atoms with van der Waals surface area (Å²) >= 11 is 0. The van der Waals surface area contributed by atoms with Gasteiger partial charge in [0.1, 0.15) is 28.9 Å². The molecule has 2 atom stereocenters. The molecule has 3 rings (SSSR count). The molecule has 224 valence electrons. The number of carboxylic acids is 1. The van der Waals surface area contributed by atoms with Gasteiger partial charge in [-0.25, -0.2) is 19.4 Å². The molecule has 12 nitrogen and oxygen atoms in total. The van der Waals surface area contributed by atoms with Crippen molar-refractivity contribution < 1.29 is 29.0 Å². The van der Waals surface area contributed by atoms with E-state index in [1.807, 2.05) is 19.2 Å². The van der Waals surface area contributed by atoms with Gasteiger partial charge in [0.2, 0.25) is 0 Å². The van der Waals surface area contributed by atoms with Crippen LogP contribution in [-0.4, -0.2) is 81.6 Å². The first-order chi connectivity index (χ1) is 19.2. The maximum atomic E-state index is 13.5. The lowest BCUT2D eigenvalue weighted by Crippen LogP contribution is -2.46. The maximum absolute atomic E-state index is 13.5. The van der Waals surface area contributed by atoms with Crippen LogP contribution in [0.4, 0.5) is 26.9 Å². The number of carbonyl (C=O) groups is 3. The number of aliphatic carboxylic acids is 1. The van der Waals surface area contributed by atoms with Crippen LogP contribution in [0.3, 0.4) is 0 Å². The topological polar surface area (TPSA) is 146 Å². The lowest BCUT2D eigenvalue weighted by atomic mass is 10.1. The Balaban J connectivity index is 1.91. The van der Waals surface area contributed by atoms with E-state index in [1.165, 1.54) is 4.90 Å². The van der Waals surface area contributed by atoms with Gasteiger partial charge in [0.15, 0.2) is 0 Å². The van der Waals surface area contributed by atoms with Gasteiger partial charge >= 0.3 is 18.2 Å². The smallest absolute Gasteiger partial charge is 0.416 e. The Kier molecular flexibility index (Phi) is 10.1. The molecule has 1 aliphatic heterocycles. The third-order valence-corrected chi connectivity index (χ3v) is 6.08. The molecule has 2 aromatic heterocycles. The lowest BCUT2D eigenvalue weighted by molar-refractivity contribution is -0.142. The van der Waals surface area contributed by atoms with Crippen LogP contribution < -0.4 is 15.5 Å². The molecule has 3 N–H and O–H groups in total. The zero-order valence-electron chi connectivity index (χ0n) is 24.9. The van der Waals surface area contributed by atoms with Crippen LogP contribution >= 0.6 is 0 Å². The fraction of sp³-hybridized carbons (Fsp3) is 0.552. The average Bonchev–Trinajstić information content (AvgIpc) is 3.28. The number of hydrogen-bond donors (Lipinski definition) is 3. The van der Waals surface area contributed by atoms with Crippen LogP contribution in [0.1, 0.15) is 60.1 Å². The summed E-state index contributed by atoms with van der Waals surface area (Å²) in [5.74, 6) is -0.456. The molecule has 0 unspecified atom stereocenters. The predicted molar refractivity (Wildman–Crippen MR) is 155 cm³/mol. The number of nitrogens with zero attached hydrogens (tertiary/aromatic N) is 4. The minimum absolute atomic E-state index is 0.0204. The molecule has 0 spiro atoms. The van der Waals surface area contributed by atoms with E-state index < -0.39 is 41.4 Å². The standard InChI is InChI=1S/C29H42N6O6/c1-28(2,3)40-26(38)34-18-21(17-22(34)25(36)37)35(27(39)41-29(4,5)6)24-12-8-11-23(33-24)32-20-13-15-31-19(16-20)10-9-14-30-7/h8,11-13,15-16,21-22,30H,9-10,14,17-18H2,1-7H3,(H,36,37)(H,31,32,33)/t21-,22-/m0/s1. The molecule has 0 aliphatic carbocycles. The van der Waals surface area contributed by atoms with Gasteiger partial charge in [-0.15, -0.1) is 0 Å². The molecule has 41 heavy (non-hydrogen) atoms. The molecule has 1 aliphatic rings. The summed E-state index contributed by atoms with van der Waals surface area (Å²) < 4.78 is 11.1. The van der Waals surface area contributed by atoms with Crippen LogP contribution in [0.15, 0.2) is 36.5 Å². The number of amides is 2. The molecule has 0 bridgehead atoms. The zero-order chi connectivity index (χ0) is 30.4. The van der Waals surface area contributed by atoms with Crippen molar-refractivity contribution in [3.8, 4) is 0 Å². The first-order valence-corrected chi connectivity index (χ1v) is 13.7. The van der Waals surface area contributed by atoms with Gasteiger partial charge in [0.05, 0.1) is 6.04 Å². The molecule has 0 radical (unpaired) electrons. The van der Waals surface area contributed by atoms with E-state index in [2.05, 4.69) is 20.6 Å². The third-order valence-electron chi connectivity index (χ3n) is 6.08. The quantitative estimate of drug-likeness (QED) is 0.366. The molecule has 1 fully saturated rings. The van der Waals surface area contributed by atoms with E-state index in [0.29, 0.717) is 5.82 Å². The average molecular weight is 571 g/mol. The number of hydrogen-bond acceptors (Lipinski definition) is 9. The summed E-state index contributed by atoms with van der Waals surface area (Å²) in [5, 5.41) is 16.3. The number of anilines is 3. The predicted octanol–water partition coefficient (Wildman–Crippen LogP) is 4.58. The van der Waals surface area contributed by atoms with Crippen molar-refractivity contribution in [2.24, 2.45) is 0 Å². The number of likely N-dealkylation sites (tertiary alicyclic amines) is 1. The van der Waals surface area contributed by atoms with Gasteiger partial charge in [-0.1, -0.05) is 6.07 Å². The van der Waals surface area contributed by atoms with Gasteiger partial charge in [-0.05, 0) is 92.2 Å². The molecule has 0 saturated carbocycles. The Hall–Kier alpha value is -3.93. The van der Waals surface area contributed by atoms with Crippen LogP contribution in [0, 0.1) is 0 Å². The van der Waals surface area contributed by atoms with Gasteiger partial charge in [0, 0.05) is 30.5 Å². The molecule has 1 saturated heterocycles. The zero-order valence-corrected chi connectivity index (χ0v) is 24.9. The van der Waals surface area contributed by atoms with E-state index in [-0.39, 0.29) is 18.8 Å². The number of carboxylic acid groups (broad SMARTS) is 1. The Morgan fingerprint density at radius 1 is 1.10 bits per heavy atom. The SMILES string of the molecule is CNCCCc1cc(Nc2cccc(N(C(=O)OC(C)(C)C)[C@H]3C[C@@H](C(=O)O)N(C(=O)OC(C)(C)C)C3)n2)ccn1. The Bertz CT molecular complexity index is 1220. The molecule has 2 aromatic rings. The summed E-state index contributed by atoms with van der Waals surface area (Å²) in [6.07, 6.45) is 2.01. The van der Waals surface area contributed by atoms with Crippen LogP contribution in [0.5, 0.6) is 0 Å². The molecular weight excluding hydrogens is 528 g/mol. The highest BCUT2D eigenvalue weighted by Gasteiger charge is 2.46. The number of carbonyl (C=O) groups excluding carboxylic acids is 2. The summed E-state index contributed by atoms with van der Waals surface area (Å²) in [5.41, 5.74) is 0.0897. The Morgan fingerprint density at radius 3 is 2.44 bits per heavy atom. The lowest BCUT2D eigenvalue weighted by Gasteiger charge is -2.31. The van der Waals surface area contributed by atoms with Crippen LogP contribution in [0.2, 0.25) is 0 Å². The summed E-state index contributed by atoms with van der Waals surface area (Å²) in [6.45, 7) is 11.2. The minimum Gasteiger partial charge on any atom is -0.480 e. The second-order valence-corrected chi connectivity index (χ2v) is 12.0. The fourth-order valence-corrected chi connectivity index (χ4v) is 4.41. The number of ether oxygens (including phenoxy) is 2. The number of aryl methyl sites for hydroxylation is 1. The van der Waals surface area contributed by atoms with E-state index in [0.717, 1.165) is 35.7 Å². The van der Waals surface area contributed by atoms with Crippen molar-refractivity contribution in [2.45, 2.75) is 84.1 Å². The molecule has 3 heterocycles. The van der Waals surface area contributed by atoms with Crippen LogP contribution in [-0.2, 0) is 20.7 Å². The van der Waals surface area contributed by atoms with Crippen molar-refractivity contribution in [1.82, 2.24) is 20.2 Å². The second-order valence-electron chi connectivity index (χ2n) is 12.0. The number of rotatable bonds is 9. The summed E-state index contributed by atoms with van der Waals surface area (Å²) in [4.78, 5) is 50.1. The molecule has 2 amide bonds. The normalized spacial score (nSPS) is 17.2. The van der Waals surface area contributed by atoms with Crippen molar-refractivity contribution >= 4 is 35.5 Å². The van der Waals surface area contributed by atoms with Gasteiger partial charge in [-0.3, -0.25) is 14.8 Å². The first kappa shape index (κ1) is 31.6. The fourth-order valence-electron chi connectivity index (χ4n) is 4.41. The van der Waals surface area contributed by atoms with Crippen LogP contribution in [0.25, 0.3) is 0 Å². The van der Waals surface area contributed by atoms with Gasteiger partial charge in [-0.2, -0.15) is 0 Å². The Labute approximate surface area is 241 Å².